The molecule has 0 bridgehead atoms. The second-order valence-electron chi connectivity index (χ2n) is 4.47. The lowest BCUT2D eigenvalue weighted by atomic mass is 9.91. The molecule has 2 unspecified atom stereocenters. The Kier molecular flexibility index (Phi) is 2.82. The van der Waals surface area contributed by atoms with E-state index in [9.17, 15) is 9.18 Å². The van der Waals surface area contributed by atoms with Crippen molar-refractivity contribution >= 4 is 29.2 Å². The largest absolute Gasteiger partial charge is 0.370 e. The molecular weight excluding hydrogens is 265 g/mol. The molecule has 0 fully saturated rings. The van der Waals surface area contributed by atoms with Crippen LogP contribution in [-0.2, 0) is 4.79 Å². The highest BCUT2D eigenvalue weighted by Gasteiger charge is 2.42. The molecule has 2 aliphatic heterocycles. The number of halogens is 1. The Morgan fingerprint density at radius 1 is 1.37 bits per heavy atom. The van der Waals surface area contributed by atoms with E-state index in [1.54, 1.807) is 12.1 Å². The molecule has 1 amide bonds. The van der Waals surface area contributed by atoms with Gasteiger partial charge in [0.1, 0.15) is 11.2 Å². The second kappa shape index (κ2) is 4.38. The molecular formula is C13H12FN3OS. The fraction of sp³-hybridized carbons (Fsp3) is 0.231. The van der Waals surface area contributed by atoms with Crippen LogP contribution in [0.15, 0.2) is 34.2 Å². The van der Waals surface area contributed by atoms with Gasteiger partial charge in [0.25, 0.3) is 0 Å². The highest BCUT2D eigenvalue weighted by atomic mass is 32.2. The Hall–Kier alpha value is -1.82. The van der Waals surface area contributed by atoms with Gasteiger partial charge in [-0.1, -0.05) is 12.1 Å². The third-order valence-corrected chi connectivity index (χ3v) is 4.42. The van der Waals surface area contributed by atoms with Crippen molar-refractivity contribution in [1.82, 2.24) is 5.32 Å². The van der Waals surface area contributed by atoms with E-state index in [1.165, 1.54) is 23.9 Å². The molecule has 0 aliphatic carbocycles. The van der Waals surface area contributed by atoms with Crippen LogP contribution < -0.4 is 11.1 Å². The first-order valence-corrected chi connectivity index (χ1v) is 6.72. The lowest BCUT2D eigenvalue weighted by molar-refractivity contribution is -0.122. The zero-order valence-corrected chi connectivity index (χ0v) is 11.0. The summed E-state index contributed by atoms with van der Waals surface area (Å²) in [6, 6.07) is 6.16. The van der Waals surface area contributed by atoms with Crippen LogP contribution in [0.3, 0.4) is 0 Å². The smallest absolute Gasteiger partial charge is 0.237 e. The SMILES string of the molecule is CC1=C(c2ccc(F)cc2)C2C(=O)NC(N)=NC2S1. The van der Waals surface area contributed by atoms with Crippen LogP contribution in [0, 0.1) is 11.7 Å². The van der Waals surface area contributed by atoms with Crippen molar-refractivity contribution in [3.8, 4) is 0 Å². The average molecular weight is 277 g/mol. The molecule has 3 rings (SSSR count). The molecule has 1 aromatic carbocycles. The highest BCUT2D eigenvalue weighted by molar-refractivity contribution is 8.04. The number of amides is 1. The molecule has 2 heterocycles. The fourth-order valence-electron chi connectivity index (χ4n) is 2.42. The van der Waals surface area contributed by atoms with Crippen molar-refractivity contribution in [1.29, 1.82) is 0 Å². The van der Waals surface area contributed by atoms with Gasteiger partial charge in [0.05, 0.1) is 5.92 Å². The Morgan fingerprint density at radius 3 is 2.74 bits per heavy atom. The number of thioether (sulfide) groups is 1. The Balaban J connectivity index is 2.04. The number of nitrogens with one attached hydrogen (secondary N) is 1. The number of nitrogens with two attached hydrogens (primary N) is 1. The molecule has 2 aliphatic rings. The summed E-state index contributed by atoms with van der Waals surface area (Å²) < 4.78 is 13.0. The van der Waals surface area contributed by atoms with E-state index in [4.69, 9.17) is 5.73 Å². The average Bonchev–Trinajstić information content (AvgIpc) is 2.66. The van der Waals surface area contributed by atoms with Crippen molar-refractivity contribution < 1.29 is 9.18 Å². The van der Waals surface area contributed by atoms with Crippen LogP contribution in [-0.4, -0.2) is 17.2 Å². The Labute approximate surface area is 114 Å². The van der Waals surface area contributed by atoms with Crippen LogP contribution in [0.2, 0.25) is 0 Å². The fourth-order valence-corrected chi connectivity index (χ4v) is 3.72. The van der Waals surface area contributed by atoms with Crippen LogP contribution in [0.1, 0.15) is 12.5 Å². The van der Waals surface area contributed by atoms with E-state index in [1.807, 2.05) is 6.92 Å². The maximum atomic E-state index is 13.0. The van der Waals surface area contributed by atoms with Gasteiger partial charge < -0.3 is 5.73 Å². The molecule has 98 valence electrons. The third-order valence-electron chi connectivity index (χ3n) is 3.23. The number of hydrogen-bond acceptors (Lipinski definition) is 4. The predicted molar refractivity (Wildman–Crippen MR) is 73.6 cm³/mol. The molecule has 0 spiro atoms. The molecule has 19 heavy (non-hydrogen) atoms. The lowest BCUT2D eigenvalue weighted by Crippen LogP contribution is -2.47. The van der Waals surface area contributed by atoms with Crippen molar-refractivity contribution in [3.63, 3.8) is 0 Å². The number of carbonyl (C=O) groups is 1. The van der Waals surface area contributed by atoms with Gasteiger partial charge in [-0.25, -0.2) is 9.38 Å². The summed E-state index contributed by atoms with van der Waals surface area (Å²) in [5.41, 5.74) is 7.33. The van der Waals surface area contributed by atoms with E-state index in [2.05, 4.69) is 10.3 Å². The van der Waals surface area contributed by atoms with Crippen LogP contribution in [0.4, 0.5) is 4.39 Å². The van der Waals surface area contributed by atoms with Gasteiger partial charge in [-0.3, -0.25) is 10.1 Å². The number of rotatable bonds is 1. The van der Waals surface area contributed by atoms with Gasteiger partial charge in [0.15, 0.2) is 5.96 Å². The molecule has 0 aromatic heterocycles. The van der Waals surface area contributed by atoms with E-state index in [0.29, 0.717) is 0 Å². The summed E-state index contributed by atoms with van der Waals surface area (Å²) >= 11 is 1.52. The first kappa shape index (κ1) is 12.2. The zero-order chi connectivity index (χ0) is 13.6. The minimum Gasteiger partial charge on any atom is -0.370 e. The molecule has 0 saturated heterocycles. The minimum atomic E-state index is -0.359. The standard InChI is InChI=1S/C13H12FN3OS/c1-6-9(7-2-4-8(14)5-3-7)10-11(18)16-13(15)17-12(10)19-6/h2-5,10,12H,1H3,(H3,15,16,17,18). The quantitative estimate of drug-likeness (QED) is 0.821. The summed E-state index contributed by atoms with van der Waals surface area (Å²) in [7, 11) is 0. The van der Waals surface area contributed by atoms with E-state index in [-0.39, 0.29) is 29.0 Å². The van der Waals surface area contributed by atoms with Crippen LogP contribution in [0.5, 0.6) is 0 Å². The zero-order valence-electron chi connectivity index (χ0n) is 10.2. The van der Waals surface area contributed by atoms with Gasteiger partial charge in [-0.2, -0.15) is 0 Å². The highest BCUT2D eigenvalue weighted by Crippen LogP contribution is 2.48. The van der Waals surface area contributed by atoms with Gasteiger partial charge in [0, 0.05) is 0 Å². The van der Waals surface area contributed by atoms with Crippen LogP contribution in [0.25, 0.3) is 5.57 Å². The van der Waals surface area contributed by atoms with Gasteiger partial charge in [0.2, 0.25) is 5.91 Å². The Morgan fingerprint density at radius 2 is 2.05 bits per heavy atom. The molecule has 0 radical (unpaired) electrons. The van der Waals surface area contributed by atoms with Crippen molar-refractivity contribution in [2.75, 3.05) is 0 Å². The van der Waals surface area contributed by atoms with Crippen molar-refractivity contribution in [2.24, 2.45) is 16.6 Å². The molecule has 6 heteroatoms. The maximum Gasteiger partial charge on any atom is 0.237 e. The summed E-state index contributed by atoms with van der Waals surface area (Å²) in [5, 5.41) is 2.34. The number of nitrogens with zero attached hydrogens (tertiary/aromatic N) is 1. The predicted octanol–water partition coefficient (Wildman–Crippen LogP) is 1.69. The molecule has 4 nitrogen and oxygen atoms in total. The van der Waals surface area contributed by atoms with Gasteiger partial charge in [-0.05, 0) is 35.1 Å². The lowest BCUT2D eigenvalue weighted by Gasteiger charge is -2.23. The summed E-state index contributed by atoms with van der Waals surface area (Å²) in [6.07, 6.45) is 0. The second-order valence-corrected chi connectivity index (χ2v) is 5.80. The summed E-state index contributed by atoms with van der Waals surface area (Å²) in [4.78, 5) is 17.4. The molecule has 1 aromatic rings. The number of benzene rings is 1. The van der Waals surface area contributed by atoms with Crippen molar-refractivity contribution in [3.05, 3.63) is 40.6 Å². The number of carbonyl (C=O) groups excluding carboxylic acids is 1. The molecule has 2 atom stereocenters. The Bertz CT molecular complexity index is 609. The number of allylic oxidation sites excluding steroid dienone is 1. The monoisotopic (exact) mass is 277 g/mol. The third kappa shape index (κ3) is 2.02. The first-order valence-electron chi connectivity index (χ1n) is 5.84. The number of guanidine groups is 1. The van der Waals surface area contributed by atoms with E-state index < -0.39 is 0 Å². The summed E-state index contributed by atoms with van der Waals surface area (Å²) in [6.45, 7) is 1.95. The molecule has 0 saturated carbocycles. The molecule has 3 N–H and O–H groups in total. The normalized spacial score (nSPS) is 26.0. The van der Waals surface area contributed by atoms with E-state index >= 15 is 0 Å². The number of fused-ring (bicyclic) bond motifs is 1. The number of aliphatic imine (C=N–C) groups is 1. The maximum absolute atomic E-state index is 13.0. The number of hydrogen-bond donors (Lipinski definition) is 2. The van der Waals surface area contributed by atoms with E-state index in [0.717, 1.165) is 16.0 Å². The first-order chi connectivity index (χ1) is 9.06. The van der Waals surface area contributed by atoms with Crippen molar-refractivity contribution in [2.45, 2.75) is 12.3 Å². The summed E-state index contributed by atoms with van der Waals surface area (Å²) in [5.74, 6) is -0.643. The van der Waals surface area contributed by atoms with Crippen LogP contribution >= 0.6 is 11.8 Å². The van der Waals surface area contributed by atoms with Gasteiger partial charge in [-0.15, -0.1) is 11.8 Å². The topological polar surface area (TPSA) is 67.5 Å². The van der Waals surface area contributed by atoms with Gasteiger partial charge >= 0.3 is 0 Å². The minimum absolute atomic E-state index is 0.152.